The summed E-state index contributed by atoms with van der Waals surface area (Å²) in [5.74, 6) is 2.07. The first-order valence-electron chi connectivity index (χ1n) is 4.95. The van der Waals surface area contributed by atoms with Gasteiger partial charge in [-0.15, -0.1) is 0 Å². The molecule has 0 saturated carbocycles. The van der Waals surface area contributed by atoms with Crippen molar-refractivity contribution in [2.75, 3.05) is 13.2 Å². The van der Waals surface area contributed by atoms with Crippen molar-refractivity contribution in [1.29, 1.82) is 0 Å². The molecule has 0 amide bonds. The topological polar surface area (TPSA) is 31.4 Å². The van der Waals surface area contributed by atoms with Gasteiger partial charge in [0.05, 0.1) is 5.69 Å². The van der Waals surface area contributed by atoms with E-state index in [0.717, 1.165) is 22.9 Å². The summed E-state index contributed by atoms with van der Waals surface area (Å²) in [5.41, 5.74) is 1.98. The van der Waals surface area contributed by atoms with E-state index >= 15 is 0 Å². The Balaban J connectivity index is 2.46. The van der Waals surface area contributed by atoms with Crippen LogP contribution in [0.1, 0.15) is 31.2 Å². The van der Waals surface area contributed by atoms with E-state index in [1.807, 2.05) is 13.0 Å². The van der Waals surface area contributed by atoms with Crippen molar-refractivity contribution in [3.8, 4) is 11.5 Å². The van der Waals surface area contributed by atoms with Crippen LogP contribution in [-0.2, 0) is 0 Å². The number of pyridine rings is 1. The summed E-state index contributed by atoms with van der Waals surface area (Å²) in [6.07, 6.45) is 0. The van der Waals surface area contributed by atoms with Crippen molar-refractivity contribution in [2.24, 2.45) is 0 Å². The second-order valence-electron chi connectivity index (χ2n) is 3.81. The maximum absolute atomic E-state index is 5.53. The van der Waals surface area contributed by atoms with Crippen molar-refractivity contribution in [1.82, 2.24) is 4.98 Å². The highest BCUT2D eigenvalue weighted by molar-refractivity contribution is 5.45. The van der Waals surface area contributed by atoms with Gasteiger partial charge in [-0.05, 0) is 12.8 Å². The summed E-state index contributed by atoms with van der Waals surface area (Å²) in [5, 5.41) is 0. The lowest BCUT2D eigenvalue weighted by Gasteiger charge is -2.21. The minimum absolute atomic E-state index is 0.421. The molecule has 1 aliphatic rings. The van der Waals surface area contributed by atoms with Crippen LogP contribution >= 0.6 is 0 Å². The number of aryl methyl sites for hydroxylation is 1. The Morgan fingerprint density at radius 3 is 2.71 bits per heavy atom. The number of hydrogen-bond donors (Lipinski definition) is 0. The van der Waals surface area contributed by atoms with E-state index < -0.39 is 0 Å². The number of rotatable bonds is 1. The second kappa shape index (κ2) is 3.48. The summed E-state index contributed by atoms with van der Waals surface area (Å²) in [6.45, 7) is 7.46. The lowest BCUT2D eigenvalue weighted by Crippen LogP contribution is -2.17. The quantitative estimate of drug-likeness (QED) is 0.685. The van der Waals surface area contributed by atoms with Gasteiger partial charge in [0, 0.05) is 11.8 Å². The molecule has 0 spiro atoms. The van der Waals surface area contributed by atoms with Gasteiger partial charge in [0.15, 0.2) is 11.5 Å². The summed E-state index contributed by atoms with van der Waals surface area (Å²) < 4.78 is 11.0. The Bertz CT molecular complexity index is 347. The molecule has 0 N–H and O–H groups in total. The molecule has 0 atom stereocenters. The Morgan fingerprint density at radius 2 is 2.00 bits per heavy atom. The van der Waals surface area contributed by atoms with Gasteiger partial charge in [0.1, 0.15) is 13.2 Å². The zero-order valence-electron chi connectivity index (χ0n) is 8.83. The van der Waals surface area contributed by atoms with E-state index in [9.17, 15) is 0 Å². The second-order valence-corrected chi connectivity index (χ2v) is 3.81. The predicted molar refractivity (Wildman–Crippen MR) is 54.1 cm³/mol. The van der Waals surface area contributed by atoms with Crippen molar-refractivity contribution >= 4 is 0 Å². The van der Waals surface area contributed by atoms with Crippen LogP contribution in [0.2, 0.25) is 0 Å². The van der Waals surface area contributed by atoms with Gasteiger partial charge >= 0.3 is 0 Å². The predicted octanol–water partition coefficient (Wildman–Crippen LogP) is 2.28. The molecule has 0 radical (unpaired) electrons. The lowest BCUT2D eigenvalue weighted by molar-refractivity contribution is 0.169. The molecule has 0 fully saturated rings. The van der Waals surface area contributed by atoms with Gasteiger partial charge in [-0.1, -0.05) is 13.8 Å². The van der Waals surface area contributed by atoms with Crippen LogP contribution < -0.4 is 9.47 Å². The van der Waals surface area contributed by atoms with Crippen molar-refractivity contribution < 1.29 is 9.47 Å². The number of nitrogens with zero attached hydrogens (tertiary/aromatic N) is 1. The molecule has 0 bridgehead atoms. The van der Waals surface area contributed by atoms with Gasteiger partial charge in [0.2, 0.25) is 0 Å². The van der Waals surface area contributed by atoms with Crippen LogP contribution in [0.5, 0.6) is 11.5 Å². The molecule has 76 valence electrons. The fourth-order valence-electron chi connectivity index (χ4n) is 1.53. The smallest absolute Gasteiger partial charge is 0.182 e. The van der Waals surface area contributed by atoms with E-state index in [0.29, 0.717) is 19.1 Å². The zero-order chi connectivity index (χ0) is 10.1. The number of hydrogen-bond acceptors (Lipinski definition) is 3. The molecule has 14 heavy (non-hydrogen) atoms. The fourth-order valence-corrected chi connectivity index (χ4v) is 1.53. The molecule has 2 rings (SSSR count). The average molecular weight is 193 g/mol. The first-order valence-corrected chi connectivity index (χ1v) is 4.95. The third kappa shape index (κ3) is 1.54. The van der Waals surface area contributed by atoms with E-state index in [-0.39, 0.29) is 0 Å². The molecule has 3 heteroatoms. The molecular formula is C11H15NO2. The SMILES string of the molecule is Cc1nc(C(C)C)cc2c1OCCO2. The molecule has 2 heterocycles. The molecular weight excluding hydrogens is 178 g/mol. The summed E-state index contributed by atoms with van der Waals surface area (Å²) >= 11 is 0. The summed E-state index contributed by atoms with van der Waals surface area (Å²) in [7, 11) is 0. The van der Waals surface area contributed by atoms with Crippen LogP contribution in [0.3, 0.4) is 0 Å². The molecule has 1 aromatic rings. The zero-order valence-corrected chi connectivity index (χ0v) is 8.83. The first-order chi connectivity index (χ1) is 6.68. The van der Waals surface area contributed by atoms with E-state index in [1.54, 1.807) is 0 Å². The third-order valence-corrected chi connectivity index (χ3v) is 2.31. The standard InChI is InChI=1S/C11H15NO2/c1-7(2)9-6-10-11(8(3)12-9)14-5-4-13-10/h6-7H,4-5H2,1-3H3. The van der Waals surface area contributed by atoms with Gasteiger partial charge in [0.25, 0.3) is 0 Å². The highest BCUT2D eigenvalue weighted by Crippen LogP contribution is 2.34. The number of ether oxygens (including phenoxy) is 2. The molecule has 0 unspecified atom stereocenters. The summed E-state index contributed by atoms with van der Waals surface area (Å²) in [4.78, 5) is 4.48. The number of fused-ring (bicyclic) bond motifs is 1. The Kier molecular flexibility index (Phi) is 2.32. The van der Waals surface area contributed by atoms with Crippen molar-refractivity contribution in [3.63, 3.8) is 0 Å². The summed E-state index contributed by atoms with van der Waals surface area (Å²) in [6, 6.07) is 1.98. The van der Waals surface area contributed by atoms with Crippen molar-refractivity contribution in [3.05, 3.63) is 17.5 Å². The van der Waals surface area contributed by atoms with E-state index in [4.69, 9.17) is 9.47 Å². The molecule has 0 aromatic carbocycles. The maximum Gasteiger partial charge on any atom is 0.182 e. The lowest BCUT2D eigenvalue weighted by atomic mass is 10.1. The normalized spacial score (nSPS) is 14.6. The van der Waals surface area contributed by atoms with Crippen LogP contribution in [-0.4, -0.2) is 18.2 Å². The first kappa shape index (κ1) is 9.31. The highest BCUT2D eigenvalue weighted by Gasteiger charge is 2.17. The molecule has 1 aliphatic heterocycles. The molecule has 3 nitrogen and oxygen atoms in total. The minimum Gasteiger partial charge on any atom is -0.486 e. The van der Waals surface area contributed by atoms with Gasteiger partial charge < -0.3 is 9.47 Å². The van der Waals surface area contributed by atoms with Crippen molar-refractivity contribution in [2.45, 2.75) is 26.7 Å². The molecule has 1 aromatic heterocycles. The van der Waals surface area contributed by atoms with Crippen LogP contribution in [0.15, 0.2) is 6.07 Å². The maximum atomic E-state index is 5.53. The largest absolute Gasteiger partial charge is 0.486 e. The van der Waals surface area contributed by atoms with Gasteiger partial charge in [-0.3, -0.25) is 4.98 Å². The van der Waals surface area contributed by atoms with E-state index in [1.165, 1.54) is 0 Å². The van der Waals surface area contributed by atoms with Crippen LogP contribution in [0, 0.1) is 6.92 Å². The third-order valence-electron chi connectivity index (χ3n) is 2.31. The average Bonchev–Trinajstić information content (AvgIpc) is 2.17. The Hall–Kier alpha value is -1.25. The molecule has 0 aliphatic carbocycles. The fraction of sp³-hybridized carbons (Fsp3) is 0.545. The van der Waals surface area contributed by atoms with Crippen LogP contribution in [0.4, 0.5) is 0 Å². The van der Waals surface area contributed by atoms with Gasteiger partial charge in [-0.2, -0.15) is 0 Å². The van der Waals surface area contributed by atoms with Gasteiger partial charge in [-0.25, -0.2) is 0 Å². The minimum atomic E-state index is 0.421. The number of aromatic nitrogens is 1. The highest BCUT2D eigenvalue weighted by atomic mass is 16.6. The molecule has 0 saturated heterocycles. The van der Waals surface area contributed by atoms with Crippen LogP contribution in [0.25, 0.3) is 0 Å². The Labute approximate surface area is 84.1 Å². The monoisotopic (exact) mass is 193 g/mol. The van der Waals surface area contributed by atoms with E-state index in [2.05, 4.69) is 18.8 Å². The Morgan fingerprint density at radius 1 is 1.29 bits per heavy atom.